The van der Waals surface area contributed by atoms with Crippen LogP contribution in [0.5, 0.6) is 11.6 Å². The SMILES string of the molecule is COc1ccc(N=Nc2nc(O)c(C#N)[nH]2)cc1. The summed E-state index contributed by atoms with van der Waals surface area (Å²) in [7, 11) is 1.57. The first kappa shape index (κ1) is 11.6. The maximum Gasteiger partial charge on any atom is 0.251 e. The largest absolute Gasteiger partial charge is 0.497 e. The summed E-state index contributed by atoms with van der Waals surface area (Å²) in [6.07, 6.45) is 0. The van der Waals surface area contributed by atoms with Gasteiger partial charge in [0.25, 0.3) is 5.95 Å². The minimum absolute atomic E-state index is 0.0429. The minimum atomic E-state index is -0.388. The molecule has 2 N–H and O–H groups in total. The molecular weight excluding hydrogens is 234 g/mol. The van der Waals surface area contributed by atoms with E-state index >= 15 is 0 Å². The Morgan fingerprint density at radius 2 is 2.06 bits per heavy atom. The van der Waals surface area contributed by atoms with Crippen LogP contribution >= 0.6 is 0 Å². The summed E-state index contributed by atoms with van der Waals surface area (Å²) in [5.74, 6) is 0.400. The third-order valence-electron chi connectivity index (χ3n) is 2.12. The topological polar surface area (TPSA) is 107 Å². The summed E-state index contributed by atoms with van der Waals surface area (Å²) in [6.45, 7) is 0. The molecule has 0 saturated carbocycles. The molecule has 0 saturated heterocycles. The molecule has 0 aliphatic rings. The van der Waals surface area contributed by atoms with Crippen LogP contribution in [0.4, 0.5) is 11.6 Å². The highest BCUT2D eigenvalue weighted by Gasteiger charge is 2.06. The van der Waals surface area contributed by atoms with Crippen molar-refractivity contribution in [3.63, 3.8) is 0 Å². The van der Waals surface area contributed by atoms with Gasteiger partial charge in [0.05, 0.1) is 12.8 Å². The van der Waals surface area contributed by atoms with E-state index in [-0.39, 0.29) is 17.5 Å². The number of aromatic nitrogens is 2. The lowest BCUT2D eigenvalue weighted by Gasteiger charge is -1.97. The van der Waals surface area contributed by atoms with Crippen LogP contribution in [0.15, 0.2) is 34.5 Å². The van der Waals surface area contributed by atoms with Crippen molar-refractivity contribution in [1.82, 2.24) is 9.97 Å². The van der Waals surface area contributed by atoms with Crippen molar-refractivity contribution in [3.05, 3.63) is 30.0 Å². The molecule has 0 radical (unpaired) electrons. The van der Waals surface area contributed by atoms with Crippen LogP contribution in [-0.4, -0.2) is 22.2 Å². The Balaban J connectivity index is 2.16. The van der Waals surface area contributed by atoms with Gasteiger partial charge in [0.2, 0.25) is 5.88 Å². The standard InChI is InChI=1S/C11H9N5O2/c1-18-8-4-2-7(3-5-8)15-16-11-13-9(6-12)10(17)14-11/h2-5,17H,1H3,(H,13,14). The number of hydrogen-bond acceptors (Lipinski definition) is 6. The molecule has 0 bridgehead atoms. The zero-order valence-corrected chi connectivity index (χ0v) is 9.45. The number of hydrogen-bond donors (Lipinski definition) is 2. The molecule has 0 atom stereocenters. The van der Waals surface area contributed by atoms with Crippen LogP contribution in [0.3, 0.4) is 0 Å². The van der Waals surface area contributed by atoms with Crippen molar-refractivity contribution >= 4 is 11.6 Å². The maximum atomic E-state index is 9.21. The monoisotopic (exact) mass is 243 g/mol. The predicted octanol–water partition coefficient (Wildman–Crippen LogP) is 2.41. The first-order valence-electron chi connectivity index (χ1n) is 4.98. The highest BCUT2D eigenvalue weighted by molar-refractivity contribution is 5.42. The number of azo groups is 1. The maximum absolute atomic E-state index is 9.21. The number of H-pyrrole nitrogens is 1. The van der Waals surface area contributed by atoms with E-state index < -0.39 is 0 Å². The summed E-state index contributed by atoms with van der Waals surface area (Å²) in [5.41, 5.74) is 0.559. The van der Waals surface area contributed by atoms with Crippen LogP contribution in [0.2, 0.25) is 0 Å². The number of aromatic amines is 1. The smallest absolute Gasteiger partial charge is 0.251 e. The van der Waals surface area contributed by atoms with Crippen molar-refractivity contribution in [2.75, 3.05) is 7.11 Å². The van der Waals surface area contributed by atoms with E-state index in [2.05, 4.69) is 20.2 Å². The second-order valence-corrected chi connectivity index (χ2v) is 3.27. The van der Waals surface area contributed by atoms with Crippen molar-refractivity contribution in [1.29, 1.82) is 5.26 Å². The molecule has 0 fully saturated rings. The first-order valence-corrected chi connectivity index (χ1v) is 4.98. The van der Waals surface area contributed by atoms with E-state index in [9.17, 15) is 5.11 Å². The molecule has 0 amide bonds. The Hall–Kier alpha value is -2.88. The average molecular weight is 243 g/mol. The van der Waals surface area contributed by atoms with Gasteiger partial charge < -0.3 is 14.8 Å². The minimum Gasteiger partial charge on any atom is -0.497 e. The van der Waals surface area contributed by atoms with Crippen LogP contribution in [-0.2, 0) is 0 Å². The van der Waals surface area contributed by atoms with Crippen molar-refractivity contribution in [3.8, 4) is 17.7 Å². The molecule has 0 aliphatic carbocycles. The Morgan fingerprint density at radius 1 is 1.33 bits per heavy atom. The molecule has 0 aliphatic heterocycles. The molecule has 7 nitrogen and oxygen atoms in total. The Labute approximate surface area is 102 Å². The van der Waals surface area contributed by atoms with E-state index in [0.717, 1.165) is 5.75 Å². The number of nitriles is 1. The van der Waals surface area contributed by atoms with Gasteiger partial charge in [0.1, 0.15) is 11.8 Å². The molecule has 1 aromatic heterocycles. The number of rotatable bonds is 3. The quantitative estimate of drug-likeness (QED) is 0.807. The molecule has 0 spiro atoms. The van der Waals surface area contributed by atoms with Crippen molar-refractivity contribution in [2.24, 2.45) is 10.2 Å². The highest BCUT2D eigenvalue weighted by Crippen LogP contribution is 2.21. The van der Waals surface area contributed by atoms with E-state index in [4.69, 9.17) is 10.00 Å². The second-order valence-electron chi connectivity index (χ2n) is 3.27. The molecule has 18 heavy (non-hydrogen) atoms. The summed E-state index contributed by atoms with van der Waals surface area (Å²) in [4.78, 5) is 6.14. The van der Waals surface area contributed by atoms with Crippen LogP contribution in [0, 0.1) is 11.3 Å². The summed E-state index contributed by atoms with van der Waals surface area (Å²) < 4.78 is 5.01. The number of methoxy groups -OCH3 is 1. The molecule has 90 valence electrons. The van der Waals surface area contributed by atoms with Crippen LogP contribution in [0.1, 0.15) is 5.69 Å². The normalized spacial score (nSPS) is 10.4. The molecule has 1 heterocycles. The van der Waals surface area contributed by atoms with Gasteiger partial charge in [-0.15, -0.1) is 10.2 Å². The molecule has 2 aromatic rings. The summed E-state index contributed by atoms with van der Waals surface area (Å²) >= 11 is 0. The van der Waals surface area contributed by atoms with E-state index in [1.807, 2.05) is 0 Å². The van der Waals surface area contributed by atoms with Crippen LogP contribution < -0.4 is 4.74 Å². The summed E-state index contributed by atoms with van der Waals surface area (Å²) in [5, 5.41) is 25.5. The second kappa shape index (κ2) is 4.97. The highest BCUT2D eigenvalue weighted by atomic mass is 16.5. The van der Waals surface area contributed by atoms with E-state index in [1.165, 1.54) is 0 Å². The number of benzene rings is 1. The predicted molar refractivity (Wildman–Crippen MR) is 62.1 cm³/mol. The Bertz CT molecular complexity index is 609. The fourth-order valence-corrected chi connectivity index (χ4v) is 1.23. The van der Waals surface area contributed by atoms with Gasteiger partial charge >= 0.3 is 0 Å². The van der Waals surface area contributed by atoms with E-state index in [1.54, 1.807) is 37.4 Å². The van der Waals surface area contributed by atoms with E-state index in [0.29, 0.717) is 5.69 Å². The van der Waals surface area contributed by atoms with Gasteiger partial charge in [0.15, 0.2) is 5.69 Å². The zero-order chi connectivity index (χ0) is 13.0. The summed E-state index contributed by atoms with van der Waals surface area (Å²) in [6, 6.07) is 8.67. The van der Waals surface area contributed by atoms with Gasteiger partial charge in [0, 0.05) is 0 Å². The lowest BCUT2D eigenvalue weighted by molar-refractivity contribution is 0.415. The molecule has 1 aromatic carbocycles. The van der Waals surface area contributed by atoms with Crippen molar-refractivity contribution in [2.45, 2.75) is 0 Å². The fourth-order valence-electron chi connectivity index (χ4n) is 1.23. The van der Waals surface area contributed by atoms with Crippen LogP contribution in [0.25, 0.3) is 0 Å². The molecular formula is C11H9N5O2. The first-order chi connectivity index (χ1) is 8.72. The lowest BCUT2D eigenvalue weighted by Crippen LogP contribution is -1.79. The van der Waals surface area contributed by atoms with Crippen molar-refractivity contribution < 1.29 is 9.84 Å². The average Bonchev–Trinajstić information content (AvgIpc) is 2.77. The molecule has 2 rings (SSSR count). The van der Waals surface area contributed by atoms with Gasteiger partial charge in [-0.2, -0.15) is 10.2 Å². The third-order valence-corrected chi connectivity index (χ3v) is 2.12. The number of aromatic hydroxyl groups is 1. The van der Waals surface area contributed by atoms with Gasteiger partial charge in [-0.3, -0.25) is 0 Å². The van der Waals surface area contributed by atoms with Gasteiger partial charge in [-0.1, -0.05) is 0 Å². The number of nitrogens with zero attached hydrogens (tertiary/aromatic N) is 4. The molecule has 0 unspecified atom stereocenters. The fraction of sp³-hybridized carbons (Fsp3) is 0.0909. The molecule has 7 heteroatoms. The third kappa shape index (κ3) is 2.44. The number of nitrogens with one attached hydrogen (secondary N) is 1. The van der Waals surface area contributed by atoms with Gasteiger partial charge in [-0.05, 0) is 24.3 Å². The lowest BCUT2D eigenvalue weighted by atomic mass is 10.3. The number of imidazole rings is 1. The number of ether oxygens (including phenoxy) is 1. The van der Waals surface area contributed by atoms with Gasteiger partial charge in [-0.25, -0.2) is 0 Å². The Morgan fingerprint density at radius 3 is 2.61 bits per heavy atom. The zero-order valence-electron chi connectivity index (χ0n) is 9.45. The Kier molecular flexibility index (Phi) is 3.20.